The van der Waals surface area contributed by atoms with Crippen LogP contribution < -0.4 is 14.6 Å². The quantitative estimate of drug-likeness (QED) is 0.491. The molecule has 2 aromatic carbocycles. The van der Waals surface area contributed by atoms with Gasteiger partial charge in [-0.25, -0.2) is 12.1 Å². The number of hydrogen-bond acceptors (Lipinski definition) is 4. The van der Waals surface area contributed by atoms with E-state index in [0.29, 0.717) is 5.75 Å². The van der Waals surface area contributed by atoms with Crippen molar-refractivity contribution in [2.24, 2.45) is 0 Å². The van der Waals surface area contributed by atoms with E-state index in [0.717, 1.165) is 5.57 Å². The monoisotopic (exact) mass is 392 g/mol. The second-order valence-electron chi connectivity index (χ2n) is 5.10. The van der Waals surface area contributed by atoms with Crippen LogP contribution >= 0.6 is 0 Å². The molecule has 0 saturated carbocycles. The summed E-state index contributed by atoms with van der Waals surface area (Å²) in [5.74, 6) is 0.205. The molecular formula is C21H20FeO4. The topological polar surface area (TPSA) is 61.8 Å². The summed E-state index contributed by atoms with van der Waals surface area (Å²) in [6.07, 6.45) is 10.6. The molecule has 0 radical (unpaired) electrons. The second kappa shape index (κ2) is 11.0. The maximum atomic E-state index is 12.2. The van der Waals surface area contributed by atoms with Gasteiger partial charge in [-0.05, 0) is 5.57 Å². The average Bonchev–Trinajstić information content (AvgIpc) is 3.34. The predicted octanol–water partition coefficient (Wildman–Crippen LogP) is 3.57. The third kappa shape index (κ3) is 5.96. The van der Waals surface area contributed by atoms with Gasteiger partial charge < -0.3 is 19.7 Å². The van der Waals surface area contributed by atoms with E-state index in [4.69, 9.17) is 9.47 Å². The smallest absolute Gasteiger partial charge is 0.872 e. The fourth-order valence-corrected chi connectivity index (χ4v) is 2.18. The van der Waals surface area contributed by atoms with Crippen molar-refractivity contribution < 1.29 is 36.8 Å². The van der Waals surface area contributed by atoms with Crippen LogP contribution in [0.15, 0.2) is 84.5 Å². The second-order valence-corrected chi connectivity index (χ2v) is 5.10. The van der Waals surface area contributed by atoms with Crippen molar-refractivity contribution in [1.29, 1.82) is 0 Å². The molecule has 0 fully saturated rings. The van der Waals surface area contributed by atoms with Crippen LogP contribution in [0.2, 0.25) is 0 Å². The van der Waals surface area contributed by atoms with E-state index in [1.807, 2.05) is 54.6 Å². The van der Waals surface area contributed by atoms with Crippen LogP contribution in [0.3, 0.4) is 0 Å². The first kappa shape index (κ1) is 21.3. The molecule has 4 nitrogen and oxygen atoms in total. The van der Waals surface area contributed by atoms with Gasteiger partial charge in [0.05, 0.1) is 19.8 Å². The maximum Gasteiger partial charge on any atom is 2.00 e. The molecule has 26 heavy (non-hydrogen) atoms. The van der Waals surface area contributed by atoms with Crippen LogP contribution in [0, 0.1) is 0 Å². The van der Waals surface area contributed by atoms with Crippen molar-refractivity contribution >= 4 is 5.76 Å². The molecule has 0 aromatic heterocycles. The molecule has 0 aliphatic heterocycles. The number of hydrogen-bond donors (Lipinski definition) is 1. The van der Waals surface area contributed by atoms with E-state index in [1.165, 1.54) is 26.4 Å². The summed E-state index contributed by atoms with van der Waals surface area (Å²) in [6, 6.07) is 12.9. The molecule has 0 atom stereocenters. The summed E-state index contributed by atoms with van der Waals surface area (Å²) >= 11 is 0. The normalized spacial score (nSPS) is 12.1. The van der Waals surface area contributed by atoms with Gasteiger partial charge in [-0.1, -0.05) is 42.2 Å². The Morgan fingerprint density at radius 1 is 1.08 bits per heavy atom. The van der Waals surface area contributed by atoms with Crippen LogP contribution in [0.1, 0.15) is 5.56 Å². The summed E-state index contributed by atoms with van der Waals surface area (Å²) < 4.78 is 10.2. The molecule has 0 heterocycles. The van der Waals surface area contributed by atoms with Crippen LogP contribution in [-0.2, 0) is 17.1 Å². The minimum absolute atomic E-state index is 0. The molecule has 1 N–H and O–H groups in total. The third-order valence-electron chi connectivity index (χ3n) is 3.43. The number of benzene rings is 1. The van der Waals surface area contributed by atoms with E-state index >= 15 is 0 Å². The van der Waals surface area contributed by atoms with Gasteiger partial charge in [-0.15, -0.1) is 0 Å². The van der Waals surface area contributed by atoms with Gasteiger partial charge in [-0.3, -0.25) is 0 Å². The molecule has 0 unspecified atom stereocenters. The van der Waals surface area contributed by atoms with Crippen molar-refractivity contribution in [2.75, 3.05) is 14.2 Å². The van der Waals surface area contributed by atoms with Crippen molar-refractivity contribution in [3.8, 4) is 17.2 Å². The van der Waals surface area contributed by atoms with E-state index in [2.05, 4.69) is 0 Å². The number of ether oxygens (including phenoxy) is 2. The number of allylic oxidation sites excluding steroid dienone is 7. The molecular weight excluding hydrogens is 372 g/mol. The number of methoxy groups -OCH3 is 2. The predicted molar refractivity (Wildman–Crippen MR) is 97.6 cm³/mol. The molecule has 136 valence electrons. The third-order valence-corrected chi connectivity index (χ3v) is 3.43. The first-order valence-corrected chi connectivity index (χ1v) is 7.71. The Hall–Kier alpha value is -2.75. The average molecular weight is 392 g/mol. The Bertz CT molecular complexity index is 768. The molecule has 0 bridgehead atoms. The molecule has 1 aliphatic carbocycles. The largest absolute Gasteiger partial charge is 2.00 e. The number of phenolic OH excluding ortho intramolecular Hbond substituents is 1. The van der Waals surface area contributed by atoms with E-state index in [9.17, 15) is 10.2 Å². The summed E-state index contributed by atoms with van der Waals surface area (Å²) in [4.78, 5) is 0. The first-order chi connectivity index (χ1) is 12.2. The van der Waals surface area contributed by atoms with E-state index in [1.54, 1.807) is 12.1 Å². The van der Waals surface area contributed by atoms with Gasteiger partial charge >= 0.3 is 17.1 Å². The molecule has 3 rings (SSSR count). The summed E-state index contributed by atoms with van der Waals surface area (Å²) in [7, 11) is 2.91. The van der Waals surface area contributed by atoms with Gasteiger partial charge in [0, 0.05) is 12.1 Å². The number of aromatic hydroxyl groups is 1. The van der Waals surface area contributed by atoms with Crippen LogP contribution in [0.5, 0.6) is 17.2 Å². The summed E-state index contributed by atoms with van der Waals surface area (Å²) in [5.41, 5.74) is 1.04. The molecule has 1 aliphatic rings. The standard InChI is InChI=1S/C16H16O4.C5H5.Fe/c1-19-12-9-14(18)16(15(10-12)20-2)13(17)8-7-11-5-3-4-6-11;1-2-4-5-3-1;/h3-10,17-18H,1-2H3;1-5H;/q;-1;+2/p-1/b13-8-;;. The Kier molecular flexibility index (Phi) is 8.99. The summed E-state index contributed by atoms with van der Waals surface area (Å²) in [6.45, 7) is 0. The Morgan fingerprint density at radius 2 is 1.73 bits per heavy atom. The van der Waals surface area contributed by atoms with Crippen molar-refractivity contribution in [3.05, 3.63) is 90.1 Å². The van der Waals surface area contributed by atoms with Gasteiger partial charge in [0.2, 0.25) is 0 Å². The number of phenols is 1. The van der Waals surface area contributed by atoms with Gasteiger partial charge in [0.25, 0.3) is 0 Å². The van der Waals surface area contributed by atoms with Crippen LogP contribution in [-0.4, -0.2) is 19.3 Å². The molecule has 0 amide bonds. The van der Waals surface area contributed by atoms with Gasteiger partial charge in [0.15, 0.2) is 0 Å². The zero-order valence-corrected chi connectivity index (χ0v) is 15.6. The molecule has 0 saturated heterocycles. The zero-order chi connectivity index (χ0) is 18.1. The number of rotatable bonds is 4. The van der Waals surface area contributed by atoms with Crippen LogP contribution in [0.25, 0.3) is 5.76 Å². The van der Waals surface area contributed by atoms with E-state index in [-0.39, 0.29) is 39.9 Å². The Morgan fingerprint density at radius 3 is 2.23 bits per heavy atom. The van der Waals surface area contributed by atoms with Gasteiger partial charge in [0.1, 0.15) is 17.2 Å². The molecule has 5 heteroatoms. The Labute approximate surface area is 164 Å². The fourth-order valence-electron chi connectivity index (χ4n) is 2.18. The fraction of sp³-hybridized carbons (Fsp3) is 0.0952. The maximum absolute atomic E-state index is 12.2. The minimum Gasteiger partial charge on any atom is -0.872 e. The minimum atomic E-state index is -0.330. The zero-order valence-electron chi connectivity index (χ0n) is 14.5. The summed E-state index contributed by atoms with van der Waals surface area (Å²) in [5, 5.41) is 22.1. The Balaban J connectivity index is 0.000000486. The van der Waals surface area contributed by atoms with Crippen molar-refractivity contribution in [2.45, 2.75) is 0 Å². The van der Waals surface area contributed by atoms with Gasteiger partial charge in [-0.2, -0.15) is 18.2 Å². The SMILES string of the molecule is COc1cc(O)c(/C([O-])=C/C=C2C=CC=C2)c(OC)c1.[Fe+2].c1cc[cH-]c1. The van der Waals surface area contributed by atoms with Crippen LogP contribution in [0.4, 0.5) is 0 Å². The van der Waals surface area contributed by atoms with Crippen molar-refractivity contribution in [1.82, 2.24) is 0 Å². The van der Waals surface area contributed by atoms with E-state index < -0.39 is 0 Å². The molecule has 0 spiro atoms. The molecule has 2 aromatic rings. The van der Waals surface area contributed by atoms with Crippen molar-refractivity contribution in [3.63, 3.8) is 0 Å². The first-order valence-electron chi connectivity index (χ1n) is 7.71.